The Balaban J connectivity index is 2.40. The highest BCUT2D eigenvalue weighted by molar-refractivity contribution is 9.11. The predicted molar refractivity (Wildman–Crippen MR) is 56.5 cm³/mol. The van der Waals surface area contributed by atoms with Crippen LogP contribution in [0.25, 0.3) is 0 Å². The van der Waals surface area contributed by atoms with Crippen molar-refractivity contribution < 1.29 is 4.74 Å². The van der Waals surface area contributed by atoms with Gasteiger partial charge in [-0.05, 0) is 45.7 Å². The summed E-state index contributed by atoms with van der Waals surface area (Å²) in [7, 11) is 0. The van der Waals surface area contributed by atoms with Gasteiger partial charge in [0.15, 0.2) is 4.73 Å². The van der Waals surface area contributed by atoms with Crippen LogP contribution in [0.15, 0.2) is 9.47 Å². The number of aromatic nitrogens is 3. The van der Waals surface area contributed by atoms with E-state index in [0.717, 1.165) is 0 Å². The van der Waals surface area contributed by atoms with Gasteiger partial charge in [-0.3, -0.25) is 0 Å². The Hall–Kier alpha value is 0.0600. The van der Waals surface area contributed by atoms with Crippen LogP contribution in [0, 0.1) is 0 Å². The third kappa shape index (κ3) is 3.74. The molecule has 0 unspecified atom stereocenters. The molecule has 74 valence electrons. The molecule has 0 N–H and O–H groups in total. The largest absolute Gasteiger partial charge is 0.377 e. The number of hydrogen-bond acceptors (Lipinski definition) is 3. The highest BCUT2D eigenvalue weighted by atomic mass is 79.9. The average Bonchev–Trinajstić information content (AvgIpc) is 2.29. The molecule has 0 amide bonds. The van der Waals surface area contributed by atoms with E-state index in [0.29, 0.717) is 22.6 Å². The van der Waals surface area contributed by atoms with E-state index in [-0.39, 0.29) is 6.10 Å². The second-order valence-electron chi connectivity index (χ2n) is 2.79. The Kier molecular flexibility index (Phi) is 4.34. The predicted octanol–water partition coefficient (Wildman–Crippen LogP) is 2.23. The Morgan fingerprint density at radius 2 is 2.15 bits per heavy atom. The summed E-state index contributed by atoms with van der Waals surface area (Å²) in [4.78, 5) is 4.04. The van der Waals surface area contributed by atoms with Crippen molar-refractivity contribution >= 4 is 31.9 Å². The molecular weight excluding hydrogens is 302 g/mol. The van der Waals surface area contributed by atoms with Gasteiger partial charge in [0.25, 0.3) is 0 Å². The Morgan fingerprint density at radius 1 is 1.46 bits per heavy atom. The van der Waals surface area contributed by atoms with E-state index >= 15 is 0 Å². The van der Waals surface area contributed by atoms with Gasteiger partial charge >= 0.3 is 0 Å². The van der Waals surface area contributed by atoms with Gasteiger partial charge in [-0.15, -0.1) is 5.10 Å². The minimum absolute atomic E-state index is 0.255. The lowest BCUT2D eigenvalue weighted by Crippen LogP contribution is -2.11. The fourth-order valence-corrected chi connectivity index (χ4v) is 1.84. The summed E-state index contributed by atoms with van der Waals surface area (Å²) < 4.78 is 8.43. The number of nitrogens with zero attached hydrogens (tertiary/aromatic N) is 3. The summed E-state index contributed by atoms with van der Waals surface area (Å²) in [5, 5.41) is 4.10. The smallest absolute Gasteiger partial charge is 0.218 e. The SMILES string of the molecule is CC(C)OCCn1nc(Br)nc1Br. The van der Waals surface area contributed by atoms with E-state index in [4.69, 9.17) is 4.74 Å². The number of hydrogen-bond donors (Lipinski definition) is 0. The van der Waals surface area contributed by atoms with Gasteiger partial charge in [0.05, 0.1) is 19.3 Å². The Labute approximate surface area is 93.9 Å². The van der Waals surface area contributed by atoms with Crippen LogP contribution in [0.5, 0.6) is 0 Å². The van der Waals surface area contributed by atoms with Crippen LogP contribution >= 0.6 is 31.9 Å². The maximum atomic E-state index is 5.39. The van der Waals surface area contributed by atoms with Crippen molar-refractivity contribution in [2.24, 2.45) is 0 Å². The first-order valence-corrected chi connectivity index (χ1v) is 5.55. The Bertz CT molecular complexity index is 275. The summed E-state index contributed by atoms with van der Waals surface area (Å²) in [5.74, 6) is 0. The fraction of sp³-hybridized carbons (Fsp3) is 0.714. The van der Waals surface area contributed by atoms with E-state index in [1.54, 1.807) is 4.68 Å². The van der Waals surface area contributed by atoms with Gasteiger partial charge in [-0.2, -0.15) is 4.98 Å². The van der Waals surface area contributed by atoms with Gasteiger partial charge < -0.3 is 4.74 Å². The van der Waals surface area contributed by atoms with E-state index in [2.05, 4.69) is 41.9 Å². The topological polar surface area (TPSA) is 39.9 Å². The maximum absolute atomic E-state index is 5.39. The van der Waals surface area contributed by atoms with Crippen molar-refractivity contribution in [2.45, 2.75) is 26.5 Å². The monoisotopic (exact) mass is 311 g/mol. The molecule has 0 aromatic carbocycles. The minimum atomic E-state index is 0.255. The molecule has 1 aromatic heterocycles. The zero-order valence-corrected chi connectivity index (χ0v) is 10.7. The summed E-state index contributed by atoms with van der Waals surface area (Å²) in [6, 6.07) is 0. The molecule has 0 atom stereocenters. The number of halogens is 2. The highest BCUT2D eigenvalue weighted by Crippen LogP contribution is 2.10. The van der Waals surface area contributed by atoms with Gasteiger partial charge in [-0.1, -0.05) is 0 Å². The summed E-state index contributed by atoms with van der Waals surface area (Å²) in [6.07, 6.45) is 0.255. The van der Waals surface area contributed by atoms with Gasteiger partial charge in [0.2, 0.25) is 4.73 Å². The van der Waals surface area contributed by atoms with E-state index in [9.17, 15) is 0 Å². The highest BCUT2D eigenvalue weighted by Gasteiger charge is 2.04. The maximum Gasteiger partial charge on any atom is 0.218 e. The summed E-state index contributed by atoms with van der Waals surface area (Å²) in [5.41, 5.74) is 0. The third-order valence-corrected chi connectivity index (χ3v) is 2.28. The molecule has 0 bridgehead atoms. The third-order valence-electron chi connectivity index (χ3n) is 1.36. The zero-order chi connectivity index (χ0) is 9.84. The molecule has 0 aliphatic heterocycles. The molecule has 1 rings (SSSR count). The lowest BCUT2D eigenvalue weighted by Gasteiger charge is -2.06. The standard InChI is InChI=1S/C7H11Br2N3O/c1-5(2)13-4-3-12-7(9)10-6(8)11-12/h5H,3-4H2,1-2H3. The molecule has 0 aliphatic carbocycles. The second kappa shape index (κ2) is 5.07. The van der Waals surface area contributed by atoms with Crippen molar-refractivity contribution in [2.75, 3.05) is 6.61 Å². The lowest BCUT2D eigenvalue weighted by atomic mass is 10.5. The van der Waals surface area contributed by atoms with Gasteiger partial charge in [0.1, 0.15) is 0 Å². The molecular formula is C7H11Br2N3O. The van der Waals surface area contributed by atoms with Crippen molar-refractivity contribution in [3.63, 3.8) is 0 Å². The van der Waals surface area contributed by atoms with Crippen LogP contribution < -0.4 is 0 Å². The van der Waals surface area contributed by atoms with Crippen LogP contribution in [-0.2, 0) is 11.3 Å². The quantitative estimate of drug-likeness (QED) is 0.856. The first kappa shape index (κ1) is 11.1. The fourth-order valence-electron chi connectivity index (χ4n) is 0.814. The van der Waals surface area contributed by atoms with Crippen molar-refractivity contribution in [1.82, 2.24) is 14.8 Å². The van der Waals surface area contributed by atoms with Crippen LogP contribution in [0.1, 0.15) is 13.8 Å². The normalized spacial score (nSPS) is 11.2. The van der Waals surface area contributed by atoms with Crippen molar-refractivity contribution in [3.8, 4) is 0 Å². The molecule has 4 nitrogen and oxygen atoms in total. The molecule has 0 aliphatic rings. The first-order chi connectivity index (χ1) is 6.09. The lowest BCUT2D eigenvalue weighted by molar-refractivity contribution is 0.0705. The molecule has 0 fully saturated rings. The Morgan fingerprint density at radius 3 is 2.62 bits per heavy atom. The molecule has 13 heavy (non-hydrogen) atoms. The van der Waals surface area contributed by atoms with Crippen LogP contribution in [0.4, 0.5) is 0 Å². The molecule has 0 saturated heterocycles. The van der Waals surface area contributed by atoms with Gasteiger partial charge in [-0.25, -0.2) is 4.68 Å². The van der Waals surface area contributed by atoms with E-state index in [1.807, 2.05) is 13.8 Å². The van der Waals surface area contributed by atoms with Crippen LogP contribution in [-0.4, -0.2) is 27.5 Å². The van der Waals surface area contributed by atoms with Gasteiger partial charge in [0, 0.05) is 0 Å². The average molecular weight is 313 g/mol. The van der Waals surface area contributed by atoms with E-state index in [1.165, 1.54) is 0 Å². The number of rotatable bonds is 4. The molecule has 0 spiro atoms. The minimum Gasteiger partial charge on any atom is -0.377 e. The zero-order valence-electron chi connectivity index (χ0n) is 7.50. The van der Waals surface area contributed by atoms with Crippen molar-refractivity contribution in [1.29, 1.82) is 0 Å². The van der Waals surface area contributed by atoms with Crippen LogP contribution in [0.3, 0.4) is 0 Å². The summed E-state index contributed by atoms with van der Waals surface area (Å²) >= 11 is 6.48. The molecule has 0 radical (unpaired) electrons. The van der Waals surface area contributed by atoms with Crippen LogP contribution in [0.2, 0.25) is 0 Å². The van der Waals surface area contributed by atoms with E-state index < -0.39 is 0 Å². The van der Waals surface area contributed by atoms with Crippen molar-refractivity contribution in [3.05, 3.63) is 9.47 Å². The number of ether oxygens (including phenoxy) is 1. The summed E-state index contributed by atoms with van der Waals surface area (Å²) in [6.45, 7) is 5.36. The molecule has 1 aromatic rings. The molecule has 0 saturated carbocycles. The first-order valence-electron chi connectivity index (χ1n) is 3.97. The second-order valence-corrected chi connectivity index (χ2v) is 4.21. The molecule has 6 heteroatoms. The molecule has 1 heterocycles.